The Bertz CT molecular complexity index is 1500. The number of fused-ring (bicyclic) bond motifs is 1. The fourth-order valence-corrected chi connectivity index (χ4v) is 4.85. The number of benzene rings is 2. The molecule has 1 aromatic heterocycles. The molecular weight excluding hydrogens is 470 g/mol. The highest BCUT2D eigenvalue weighted by atomic mass is 32.1. The largest absolute Gasteiger partial charge is 0.497 e. The molecule has 0 N–H and O–H groups in total. The molecule has 0 saturated heterocycles. The fraction of sp³-hybridized carbons (Fsp3) is 0.240. The summed E-state index contributed by atoms with van der Waals surface area (Å²) in [6.45, 7) is 5.24. The number of ether oxygens (including phenoxy) is 2. The predicted octanol–water partition coefficient (Wildman–Crippen LogP) is 3.10. The molecule has 2 heterocycles. The lowest BCUT2D eigenvalue weighted by molar-refractivity contribution is -0.384. The van der Waals surface area contributed by atoms with E-state index in [0.29, 0.717) is 31.9 Å². The highest BCUT2D eigenvalue weighted by Gasteiger charge is 2.33. The minimum atomic E-state index is -0.734. The molecule has 2 aromatic carbocycles. The number of nitro benzene ring substituents is 1. The number of aromatic nitrogens is 1. The number of methoxy groups -OCH3 is 1. The van der Waals surface area contributed by atoms with Gasteiger partial charge in [0.1, 0.15) is 5.75 Å². The maximum absolute atomic E-state index is 13.6. The van der Waals surface area contributed by atoms with E-state index >= 15 is 0 Å². The number of esters is 1. The van der Waals surface area contributed by atoms with Gasteiger partial charge in [0.15, 0.2) is 4.80 Å². The van der Waals surface area contributed by atoms with E-state index in [-0.39, 0.29) is 22.9 Å². The first-order valence-electron chi connectivity index (χ1n) is 10.8. The van der Waals surface area contributed by atoms with Gasteiger partial charge in [-0.05, 0) is 62.2 Å². The summed E-state index contributed by atoms with van der Waals surface area (Å²) >= 11 is 1.19. The Hall–Kier alpha value is -4.05. The van der Waals surface area contributed by atoms with Gasteiger partial charge in [-0.2, -0.15) is 0 Å². The van der Waals surface area contributed by atoms with Crippen LogP contribution < -0.4 is 19.6 Å². The molecule has 1 atom stereocenters. The number of carbonyl (C=O) groups is 1. The van der Waals surface area contributed by atoms with Gasteiger partial charge in [-0.15, -0.1) is 0 Å². The van der Waals surface area contributed by atoms with Gasteiger partial charge >= 0.3 is 5.97 Å². The van der Waals surface area contributed by atoms with Crippen molar-refractivity contribution in [3.8, 4) is 5.75 Å². The van der Waals surface area contributed by atoms with Gasteiger partial charge in [0.25, 0.3) is 11.2 Å². The second-order valence-corrected chi connectivity index (χ2v) is 9.17. The molecule has 0 radical (unpaired) electrons. The van der Waals surface area contributed by atoms with Crippen LogP contribution >= 0.6 is 11.3 Å². The molecule has 0 fully saturated rings. The summed E-state index contributed by atoms with van der Waals surface area (Å²) in [5.41, 5.74) is 1.75. The average Bonchev–Trinajstić information content (AvgIpc) is 3.12. The second-order valence-electron chi connectivity index (χ2n) is 8.16. The number of allylic oxidation sites excluding steroid dienone is 1. The van der Waals surface area contributed by atoms with Crippen molar-refractivity contribution in [2.24, 2.45) is 4.99 Å². The van der Waals surface area contributed by atoms with E-state index in [2.05, 4.69) is 4.99 Å². The molecule has 0 amide bonds. The van der Waals surface area contributed by atoms with Gasteiger partial charge in [0, 0.05) is 12.1 Å². The molecule has 9 nitrogen and oxygen atoms in total. The van der Waals surface area contributed by atoms with Gasteiger partial charge < -0.3 is 9.47 Å². The Morgan fingerprint density at radius 1 is 1.17 bits per heavy atom. The van der Waals surface area contributed by atoms with Crippen molar-refractivity contribution < 1.29 is 19.2 Å². The minimum Gasteiger partial charge on any atom is -0.497 e. The highest BCUT2D eigenvalue weighted by molar-refractivity contribution is 7.07. The van der Waals surface area contributed by atoms with Crippen molar-refractivity contribution in [2.45, 2.75) is 32.9 Å². The Balaban J connectivity index is 1.89. The fourth-order valence-electron chi connectivity index (χ4n) is 3.81. The van der Waals surface area contributed by atoms with Crippen molar-refractivity contribution in [1.29, 1.82) is 0 Å². The number of carbonyl (C=O) groups excluding carboxylic acids is 1. The Morgan fingerprint density at radius 3 is 2.40 bits per heavy atom. The van der Waals surface area contributed by atoms with Crippen LogP contribution in [-0.4, -0.2) is 28.7 Å². The van der Waals surface area contributed by atoms with Crippen LogP contribution in [-0.2, 0) is 9.53 Å². The monoisotopic (exact) mass is 493 g/mol. The summed E-state index contributed by atoms with van der Waals surface area (Å²) in [4.78, 5) is 42.1. The minimum absolute atomic E-state index is 0.0351. The standard InChI is InChI=1S/C25H23N3O6S/c1-14(2)34-24(30)21-15(3)26-25-27(22(21)17-7-11-19(33-4)12-8-17)23(29)20(35-25)13-16-5-9-18(10-6-16)28(31)32/h5-14,22H,1-4H3/b20-13+. The number of hydrogen-bond donors (Lipinski definition) is 0. The van der Waals surface area contributed by atoms with Crippen molar-refractivity contribution in [1.82, 2.24) is 4.57 Å². The van der Waals surface area contributed by atoms with Gasteiger partial charge in [-0.25, -0.2) is 9.79 Å². The first kappa shape index (κ1) is 24.1. The number of nitro groups is 1. The Kier molecular flexibility index (Phi) is 6.65. The van der Waals surface area contributed by atoms with E-state index in [1.807, 2.05) is 0 Å². The van der Waals surface area contributed by atoms with Gasteiger partial charge in [0.2, 0.25) is 0 Å². The third kappa shape index (κ3) is 4.78. The summed E-state index contributed by atoms with van der Waals surface area (Å²) in [5.74, 6) is 0.109. The van der Waals surface area contributed by atoms with Crippen LogP contribution in [0, 0.1) is 10.1 Å². The summed E-state index contributed by atoms with van der Waals surface area (Å²) in [7, 11) is 1.56. The number of non-ortho nitro benzene ring substituents is 1. The molecule has 0 bridgehead atoms. The van der Waals surface area contributed by atoms with Crippen LogP contribution in [0.5, 0.6) is 5.75 Å². The molecule has 35 heavy (non-hydrogen) atoms. The van der Waals surface area contributed by atoms with Crippen molar-refractivity contribution in [3.63, 3.8) is 0 Å². The first-order chi connectivity index (χ1) is 16.7. The highest BCUT2D eigenvalue weighted by Crippen LogP contribution is 2.31. The SMILES string of the molecule is COc1ccc(C2C(C(=O)OC(C)C)=C(C)N=c3s/c(=C/c4ccc([N+](=O)[O-])cc4)c(=O)n32)cc1. The average molecular weight is 494 g/mol. The van der Waals surface area contributed by atoms with Crippen LogP contribution in [0.15, 0.2) is 69.6 Å². The molecule has 1 aliphatic heterocycles. The number of thiazole rings is 1. The summed E-state index contributed by atoms with van der Waals surface area (Å²) in [6.07, 6.45) is 1.32. The van der Waals surface area contributed by atoms with Gasteiger partial charge in [-0.3, -0.25) is 19.5 Å². The molecule has 1 aliphatic rings. The summed E-state index contributed by atoms with van der Waals surface area (Å²) in [6, 6.07) is 12.3. The van der Waals surface area contributed by atoms with Crippen LogP contribution in [0.4, 0.5) is 5.69 Å². The van der Waals surface area contributed by atoms with E-state index in [1.165, 1.54) is 28.0 Å². The predicted molar refractivity (Wildman–Crippen MR) is 131 cm³/mol. The third-order valence-corrected chi connectivity index (χ3v) is 6.40. The van der Waals surface area contributed by atoms with Crippen LogP contribution in [0.1, 0.15) is 37.9 Å². The maximum atomic E-state index is 13.6. The number of rotatable bonds is 6. The van der Waals surface area contributed by atoms with Gasteiger partial charge in [-0.1, -0.05) is 23.5 Å². The quantitative estimate of drug-likeness (QED) is 0.296. The maximum Gasteiger partial charge on any atom is 0.338 e. The van der Waals surface area contributed by atoms with Crippen molar-refractivity contribution >= 4 is 29.1 Å². The van der Waals surface area contributed by atoms with E-state index in [0.717, 1.165) is 0 Å². The van der Waals surface area contributed by atoms with E-state index in [4.69, 9.17) is 9.47 Å². The van der Waals surface area contributed by atoms with E-state index in [1.54, 1.807) is 70.4 Å². The molecule has 0 aliphatic carbocycles. The van der Waals surface area contributed by atoms with Crippen LogP contribution in [0.3, 0.4) is 0 Å². The molecule has 4 rings (SSSR count). The molecule has 0 spiro atoms. The molecule has 180 valence electrons. The molecular formula is C25H23N3O6S. The van der Waals surface area contributed by atoms with E-state index < -0.39 is 16.9 Å². The smallest absolute Gasteiger partial charge is 0.338 e. The summed E-state index contributed by atoms with van der Waals surface area (Å²) < 4.78 is 12.6. The Morgan fingerprint density at radius 2 is 1.83 bits per heavy atom. The van der Waals surface area contributed by atoms with Crippen molar-refractivity contribution in [3.05, 3.63) is 101 Å². The normalized spacial score (nSPS) is 15.6. The number of hydrogen-bond acceptors (Lipinski definition) is 8. The zero-order valence-electron chi connectivity index (χ0n) is 19.6. The molecule has 0 saturated carbocycles. The second kappa shape index (κ2) is 9.67. The number of nitrogens with zero attached hydrogens (tertiary/aromatic N) is 3. The Labute approximate surface area is 204 Å². The van der Waals surface area contributed by atoms with Crippen LogP contribution in [0.2, 0.25) is 0 Å². The summed E-state index contributed by atoms with van der Waals surface area (Å²) in [5, 5.41) is 10.9. The zero-order chi connectivity index (χ0) is 25.3. The molecule has 1 unspecified atom stereocenters. The lowest BCUT2D eigenvalue weighted by Gasteiger charge is -2.25. The zero-order valence-corrected chi connectivity index (χ0v) is 20.4. The van der Waals surface area contributed by atoms with Gasteiger partial charge in [0.05, 0.1) is 40.0 Å². The molecule has 3 aromatic rings. The van der Waals surface area contributed by atoms with E-state index in [9.17, 15) is 19.7 Å². The third-order valence-electron chi connectivity index (χ3n) is 5.42. The lowest BCUT2D eigenvalue weighted by Crippen LogP contribution is -2.40. The first-order valence-corrected chi connectivity index (χ1v) is 11.6. The van der Waals surface area contributed by atoms with Crippen molar-refractivity contribution in [2.75, 3.05) is 7.11 Å². The molecule has 10 heteroatoms. The lowest BCUT2D eigenvalue weighted by atomic mass is 9.96. The topological polar surface area (TPSA) is 113 Å². The van der Waals surface area contributed by atoms with Crippen LogP contribution in [0.25, 0.3) is 6.08 Å².